The van der Waals surface area contributed by atoms with Crippen LogP contribution in [0.1, 0.15) is 50.7 Å². The smallest absolute Gasteiger partial charge is 0.0170 e. The lowest BCUT2D eigenvalue weighted by atomic mass is 9.98. The van der Waals surface area contributed by atoms with Crippen LogP contribution in [0.4, 0.5) is 0 Å². The molecule has 0 radical (unpaired) electrons. The van der Waals surface area contributed by atoms with E-state index in [0.29, 0.717) is 5.92 Å². The van der Waals surface area contributed by atoms with Gasteiger partial charge in [-0.05, 0) is 42.3 Å². The number of benzene rings is 1. The Kier molecular flexibility index (Phi) is 4.60. The second-order valence-electron chi connectivity index (χ2n) is 5.60. The third-order valence-corrected chi connectivity index (χ3v) is 3.63. The third-order valence-electron chi connectivity index (χ3n) is 3.63. The Bertz CT molecular complexity index is 413. The standard InChI is InChI=1S/C17H25N/c1-4-18-12-17(13(2)3)11-14-6-5-7-16(10-14)15-8-9-15/h5-7,10-11,13,15,18H,4,8-9,12H2,1-3H3. The van der Waals surface area contributed by atoms with E-state index in [4.69, 9.17) is 0 Å². The van der Waals surface area contributed by atoms with Crippen molar-refractivity contribution in [2.45, 2.75) is 39.5 Å². The van der Waals surface area contributed by atoms with Gasteiger partial charge in [0.25, 0.3) is 0 Å². The van der Waals surface area contributed by atoms with E-state index >= 15 is 0 Å². The normalized spacial score (nSPS) is 16.3. The highest BCUT2D eigenvalue weighted by Gasteiger charge is 2.23. The molecule has 1 heteroatoms. The van der Waals surface area contributed by atoms with Gasteiger partial charge in [0, 0.05) is 6.54 Å². The van der Waals surface area contributed by atoms with Gasteiger partial charge in [-0.2, -0.15) is 0 Å². The Hall–Kier alpha value is -1.08. The molecular weight excluding hydrogens is 218 g/mol. The fraction of sp³-hybridized carbons (Fsp3) is 0.529. The second-order valence-corrected chi connectivity index (χ2v) is 5.60. The molecule has 0 bridgehead atoms. The zero-order valence-corrected chi connectivity index (χ0v) is 11.9. The Morgan fingerprint density at radius 3 is 2.78 bits per heavy atom. The summed E-state index contributed by atoms with van der Waals surface area (Å²) in [6.07, 6.45) is 5.11. The van der Waals surface area contributed by atoms with Gasteiger partial charge >= 0.3 is 0 Å². The fourth-order valence-electron chi connectivity index (χ4n) is 2.22. The summed E-state index contributed by atoms with van der Waals surface area (Å²) in [5.41, 5.74) is 4.38. The largest absolute Gasteiger partial charge is 0.313 e. The van der Waals surface area contributed by atoms with Crippen LogP contribution in [0.2, 0.25) is 0 Å². The van der Waals surface area contributed by atoms with Gasteiger partial charge in [0.05, 0.1) is 0 Å². The van der Waals surface area contributed by atoms with Gasteiger partial charge in [0.15, 0.2) is 0 Å². The summed E-state index contributed by atoms with van der Waals surface area (Å²) in [5.74, 6) is 1.45. The van der Waals surface area contributed by atoms with Crippen molar-refractivity contribution in [3.63, 3.8) is 0 Å². The number of hydrogen-bond donors (Lipinski definition) is 1. The van der Waals surface area contributed by atoms with Crippen molar-refractivity contribution in [1.82, 2.24) is 5.32 Å². The van der Waals surface area contributed by atoms with Crippen LogP contribution in [0.3, 0.4) is 0 Å². The first-order valence-electron chi connectivity index (χ1n) is 7.22. The Balaban J connectivity index is 2.14. The maximum atomic E-state index is 3.43. The maximum absolute atomic E-state index is 3.43. The molecule has 0 atom stereocenters. The molecule has 1 aromatic carbocycles. The molecule has 0 unspecified atom stereocenters. The average Bonchev–Trinajstić information content (AvgIpc) is 3.18. The molecule has 18 heavy (non-hydrogen) atoms. The number of hydrogen-bond acceptors (Lipinski definition) is 1. The van der Waals surface area contributed by atoms with Gasteiger partial charge in [-0.3, -0.25) is 0 Å². The van der Waals surface area contributed by atoms with E-state index in [1.54, 1.807) is 0 Å². The lowest BCUT2D eigenvalue weighted by Crippen LogP contribution is -2.18. The lowest BCUT2D eigenvalue weighted by molar-refractivity contribution is 0.682. The fourth-order valence-corrected chi connectivity index (χ4v) is 2.22. The molecule has 98 valence electrons. The van der Waals surface area contributed by atoms with Crippen LogP contribution in [0.15, 0.2) is 29.8 Å². The summed E-state index contributed by atoms with van der Waals surface area (Å²) in [4.78, 5) is 0. The third kappa shape index (κ3) is 3.71. The summed E-state index contributed by atoms with van der Waals surface area (Å²) in [6, 6.07) is 9.06. The van der Waals surface area contributed by atoms with Crippen LogP contribution in [-0.2, 0) is 0 Å². The van der Waals surface area contributed by atoms with Crippen LogP contribution < -0.4 is 5.32 Å². The maximum Gasteiger partial charge on any atom is 0.0170 e. The van der Waals surface area contributed by atoms with Crippen LogP contribution >= 0.6 is 0 Å². The lowest BCUT2D eigenvalue weighted by Gasteiger charge is -2.12. The van der Waals surface area contributed by atoms with Crippen LogP contribution in [0.5, 0.6) is 0 Å². The molecule has 1 N–H and O–H groups in total. The summed E-state index contributed by atoms with van der Waals surface area (Å²) in [6.45, 7) is 8.74. The predicted molar refractivity (Wildman–Crippen MR) is 79.8 cm³/mol. The van der Waals surface area contributed by atoms with Crippen molar-refractivity contribution in [1.29, 1.82) is 0 Å². The van der Waals surface area contributed by atoms with Gasteiger partial charge in [-0.1, -0.05) is 56.7 Å². The van der Waals surface area contributed by atoms with E-state index in [0.717, 1.165) is 19.0 Å². The first kappa shape index (κ1) is 13.4. The van der Waals surface area contributed by atoms with Crippen LogP contribution in [-0.4, -0.2) is 13.1 Å². The highest BCUT2D eigenvalue weighted by Crippen LogP contribution is 2.40. The highest BCUT2D eigenvalue weighted by molar-refractivity contribution is 5.55. The van der Waals surface area contributed by atoms with Crippen molar-refractivity contribution in [3.8, 4) is 0 Å². The van der Waals surface area contributed by atoms with E-state index in [-0.39, 0.29) is 0 Å². The molecule has 0 heterocycles. The van der Waals surface area contributed by atoms with E-state index < -0.39 is 0 Å². The highest BCUT2D eigenvalue weighted by atomic mass is 14.8. The molecule has 1 aliphatic rings. The summed E-state index contributed by atoms with van der Waals surface area (Å²) in [7, 11) is 0. The van der Waals surface area contributed by atoms with Crippen molar-refractivity contribution in [3.05, 3.63) is 41.0 Å². The minimum atomic E-state index is 0.605. The zero-order valence-electron chi connectivity index (χ0n) is 11.9. The predicted octanol–water partition coefficient (Wildman–Crippen LogP) is 4.21. The van der Waals surface area contributed by atoms with Crippen molar-refractivity contribution in [2.75, 3.05) is 13.1 Å². The van der Waals surface area contributed by atoms with Gasteiger partial charge in [0.1, 0.15) is 0 Å². The van der Waals surface area contributed by atoms with E-state index in [9.17, 15) is 0 Å². The van der Waals surface area contributed by atoms with Gasteiger partial charge < -0.3 is 5.32 Å². The molecule has 2 rings (SSSR count). The molecule has 1 aromatic rings. The topological polar surface area (TPSA) is 12.0 Å². The minimum absolute atomic E-state index is 0.605. The molecule has 0 amide bonds. The molecule has 0 spiro atoms. The van der Waals surface area contributed by atoms with Gasteiger partial charge in [-0.25, -0.2) is 0 Å². The number of likely N-dealkylation sites (N-methyl/N-ethyl adjacent to an activating group) is 1. The van der Waals surface area contributed by atoms with Gasteiger partial charge in [0.2, 0.25) is 0 Å². The summed E-state index contributed by atoms with van der Waals surface area (Å²) < 4.78 is 0. The van der Waals surface area contributed by atoms with Crippen LogP contribution in [0, 0.1) is 5.92 Å². The summed E-state index contributed by atoms with van der Waals surface area (Å²) >= 11 is 0. The number of nitrogens with one attached hydrogen (secondary N) is 1. The Morgan fingerprint density at radius 1 is 1.39 bits per heavy atom. The molecule has 1 aliphatic carbocycles. The van der Waals surface area contributed by atoms with Crippen LogP contribution in [0.25, 0.3) is 6.08 Å². The molecule has 1 nitrogen and oxygen atoms in total. The molecule has 0 saturated heterocycles. The Morgan fingerprint density at radius 2 is 2.17 bits per heavy atom. The second kappa shape index (κ2) is 6.19. The van der Waals surface area contributed by atoms with E-state index in [1.807, 2.05) is 0 Å². The molecule has 0 aromatic heterocycles. The summed E-state index contributed by atoms with van der Waals surface area (Å²) in [5, 5.41) is 3.43. The van der Waals surface area contributed by atoms with Crippen molar-refractivity contribution in [2.24, 2.45) is 5.92 Å². The van der Waals surface area contributed by atoms with E-state index in [2.05, 4.69) is 56.4 Å². The van der Waals surface area contributed by atoms with E-state index in [1.165, 1.54) is 29.5 Å². The number of rotatable bonds is 6. The molecule has 1 saturated carbocycles. The quantitative estimate of drug-likeness (QED) is 0.789. The molecule has 1 fully saturated rings. The van der Waals surface area contributed by atoms with Crippen molar-refractivity contribution < 1.29 is 0 Å². The average molecular weight is 243 g/mol. The zero-order chi connectivity index (χ0) is 13.0. The minimum Gasteiger partial charge on any atom is -0.313 e. The Labute approximate surface area is 111 Å². The van der Waals surface area contributed by atoms with Gasteiger partial charge in [-0.15, -0.1) is 0 Å². The first-order valence-corrected chi connectivity index (χ1v) is 7.22. The first-order chi connectivity index (χ1) is 8.70. The van der Waals surface area contributed by atoms with Crippen molar-refractivity contribution >= 4 is 6.08 Å². The molecule has 0 aliphatic heterocycles. The monoisotopic (exact) mass is 243 g/mol. The molecular formula is C17H25N. The SMILES string of the molecule is CCNCC(=Cc1cccc(C2CC2)c1)C(C)C.